The van der Waals surface area contributed by atoms with Gasteiger partial charge in [-0.25, -0.2) is 14.7 Å². The van der Waals surface area contributed by atoms with E-state index in [0.717, 1.165) is 42.7 Å². The number of benzene rings is 1. The fourth-order valence-corrected chi connectivity index (χ4v) is 2.90. The van der Waals surface area contributed by atoms with Crippen molar-refractivity contribution in [2.75, 3.05) is 13.7 Å². The lowest BCUT2D eigenvalue weighted by molar-refractivity contribution is -0.121. The van der Waals surface area contributed by atoms with Gasteiger partial charge in [-0.2, -0.15) is 0 Å². The number of rotatable bonds is 10. The highest BCUT2D eigenvalue weighted by Crippen LogP contribution is 2.11. The van der Waals surface area contributed by atoms with Crippen molar-refractivity contribution < 1.29 is 9.53 Å². The van der Waals surface area contributed by atoms with E-state index in [2.05, 4.69) is 25.6 Å². The molecule has 0 spiro atoms. The quantitative estimate of drug-likeness (QED) is 0.627. The third kappa shape index (κ3) is 5.90. The van der Waals surface area contributed by atoms with Crippen LogP contribution in [-0.4, -0.2) is 52.8 Å². The Bertz CT molecular complexity index is 842. The second-order valence-electron chi connectivity index (χ2n) is 6.58. The van der Waals surface area contributed by atoms with Crippen LogP contribution in [0.25, 0.3) is 0 Å². The molecule has 1 atom stereocenters. The van der Waals surface area contributed by atoms with Crippen LogP contribution in [0.15, 0.2) is 40.4 Å². The number of aromatic nitrogens is 3. The molecular formula is C19H25N7O2. The van der Waals surface area contributed by atoms with Gasteiger partial charge in [-0.15, -0.1) is 5.10 Å². The second-order valence-corrected chi connectivity index (χ2v) is 6.58. The van der Waals surface area contributed by atoms with E-state index in [0.29, 0.717) is 12.5 Å². The first-order valence-electron chi connectivity index (χ1n) is 9.28. The summed E-state index contributed by atoms with van der Waals surface area (Å²) in [5.74, 6) is 1.08. The van der Waals surface area contributed by atoms with Crippen LogP contribution in [0.4, 0.5) is 0 Å². The number of hydrogen-bond acceptors (Lipinski definition) is 7. The van der Waals surface area contributed by atoms with Crippen molar-refractivity contribution in [1.29, 1.82) is 0 Å². The Hall–Kier alpha value is -3.23. The average Bonchev–Trinajstić information content (AvgIpc) is 3.31. The Morgan fingerprint density at radius 3 is 2.82 bits per heavy atom. The Balaban J connectivity index is 1.34. The molecule has 3 rings (SSSR count). The van der Waals surface area contributed by atoms with E-state index in [1.54, 1.807) is 18.0 Å². The van der Waals surface area contributed by atoms with Gasteiger partial charge in [0.15, 0.2) is 0 Å². The van der Waals surface area contributed by atoms with Gasteiger partial charge in [-0.05, 0) is 43.4 Å². The van der Waals surface area contributed by atoms with Crippen molar-refractivity contribution in [3.8, 4) is 5.75 Å². The van der Waals surface area contributed by atoms with Gasteiger partial charge < -0.3 is 15.8 Å². The summed E-state index contributed by atoms with van der Waals surface area (Å²) in [6.45, 7) is 0.727. The molecule has 3 N–H and O–H groups in total. The van der Waals surface area contributed by atoms with E-state index in [1.807, 2.05) is 30.5 Å². The van der Waals surface area contributed by atoms with Crippen LogP contribution in [0.1, 0.15) is 24.1 Å². The van der Waals surface area contributed by atoms with Gasteiger partial charge in [0.2, 0.25) is 11.9 Å². The zero-order valence-electron chi connectivity index (χ0n) is 15.9. The summed E-state index contributed by atoms with van der Waals surface area (Å²) in [4.78, 5) is 20.2. The molecule has 2 aromatic rings. The van der Waals surface area contributed by atoms with Crippen LogP contribution >= 0.6 is 0 Å². The second kappa shape index (κ2) is 9.63. The number of amides is 1. The maximum Gasteiger partial charge on any atom is 0.241 e. The number of methoxy groups -OCH3 is 1. The molecule has 1 amide bonds. The molecule has 1 unspecified atom stereocenters. The van der Waals surface area contributed by atoms with Crippen molar-refractivity contribution in [2.45, 2.75) is 38.3 Å². The van der Waals surface area contributed by atoms with Gasteiger partial charge in [0.05, 0.1) is 18.8 Å². The molecule has 148 valence electrons. The van der Waals surface area contributed by atoms with E-state index in [9.17, 15) is 4.79 Å². The summed E-state index contributed by atoms with van der Waals surface area (Å²) in [5, 5.41) is 11.0. The van der Waals surface area contributed by atoms with Crippen molar-refractivity contribution in [2.24, 2.45) is 15.7 Å². The maximum atomic E-state index is 12.1. The summed E-state index contributed by atoms with van der Waals surface area (Å²) in [7, 11) is 1.64. The molecule has 28 heavy (non-hydrogen) atoms. The lowest BCUT2D eigenvalue weighted by Gasteiger charge is -2.06. The number of aryl methyl sites for hydroxylation is 1. The van der Waals surface area contributed by atoms with Crippen LogP contribution in [0, 0.1) is 0 Å². The number of carbonyl (C=O) groups is 1. The van der Waals surface area contributed by atoms with Crippen LogP contribution in [0.5, 0.6) is 5.75 Å². The van der Waals surface area contributed by atoms with Crippen molar-refractivity contribution >= 4 is 18.1 Å². The van der Waals surface area contributed by atoms with Crippen molar-refractivity contribution in [3.05, 3.63) is 41.7 Å². The molecule has 1 aliphatic rings. The molecular weight excluding hydrogens is 358 g/mol. The Morgan fingerprint density at radius 2 is 2.11 bits per heavy atom. The van der Waals surface area contributed by atoms with Crippen molar-refractivity contribution in [1.82, 2.24) is 20.3 Å². The van der Waals surface area contributed by atoms with Crippen molar-refractivity contribution in [3.63, 3.8) is 0 Å². The van der Waals surface area contributed by atoms with E-state index >= 15 is 0 Å². The summed E-state index contributed by atoms with van der Waals surface area (Å²) < 4.78 is 6.69. The number of hydrogen-bond donors (Lipinski definition) is 2. The van der Waals surface area contributed by atoms with E-state index in [1.165, 1.54) is 0 Å². The number of nitrogens with two attached hydrogens (primary N) is 1. The summed E-state index contributed by atoms with van der Waals surface area (Å²) >= 11 is 0. The number of aliphatic imine (C=N–C) groups is 2. The average molecular weight is 383 g/mol. The van der Waals surface area contributed by atoms with Gasteiger partial charge in [-0.1, -0.05) is 17.3 Å². The minimum Gasteiger partial charge on any atom is -0.497 e. The van der Waals surface area contributed by atoms with Gasteiger partial charge in [0, 0.05) is 19.0 Å². The Labute approximate surface area is 163 Å². The highest BCUT2D eigenvalue weighted by Gasteiger charge is 2.11. The molecule has 0 saturated heterocycles. The van der Waals surface area contributed by atoms with E-state index in [-0.39, 0.29) is 18.5 Å². The fraction of sp³-hybridized carbons (Fsp3) is 0.421. The van der Waals surface area contributed by atoms with Crippen LogP contribution in [0.3, 0.4) is 0 Å². The molecule has 1 aromatic heterocycles. The number of ether oxygens (including phenoxy) is 1. The SMILES string of the molecule is COc1ccc(CCNC(=O)Cn2cc(CCCC3C=NC(N)=N3)nn2)cc1. The first-order valence-corrected chi connectivity index (χ1v) is 9.28. The number of guanidine groups is 1. The van der Waals surface area contributed by atoms with Gasteiger partial charge in [0.1, 0.15) is 12.3 Å². The minimum absolute atomic E-state index is 0.0616. The molecule has 0 bridgehead atoms. The number of carbonyl (C=O) groups excluding carboxylic acids is 1. The smallest absolute Gasteiger partial charge is 0.241 e. The summed E-state index contributed by atoms with van der Waals surface area (Å²) in [5.41, 5.74) is 7.52. The Morgan fingerprint density at radius 1 is 1.29 bits per heavy atom. The predicted octanol–water partition coefficient (Wildman–Crippen LogP) is 0.736. The zero-order chi connectivity index (χ0) is 19.8. The lowest BCUT2D eigenvalue weighted by Crippen LogP contribution is -2.29. The predicted molar refractivity (Wildman–Crippen MR) is 107 cm³/mol. The van der Waals surface area contributed by atoms with E-state index < -0.39 is 0 Å². The number of nitrogens with zero attached hydrogens (tertiary/aromatic N) is 5. The third-order valence-electron chi connectivity index (χ3n) is 4.40. The topological polar surface area (TPSA) is 120 Å². The first kappa shape index (κ1) is 19.5. The van der Waals surface area contributed by atoms with Gasteiger partial charge >= 0.3 is 0 Å². The fourth-order valence-electron chi connectivity index (χ4n) is 2.90. The maximum absolute atomic E-state index is 12.1. The van der Waals surface area contributed by atoms with Crippen LogP contribution in [0.2, 0.25) is 0 Å². The molecule has 0 fully saturated rings. The lowest BCUT2D eigenvalue weighted by atomic mass is 10.1. The molecule has 2 heterocycles. The normalized spacial score (nSPS) is 15.5. The van der Waals surface area contributed by atoms with Crippen LogP contribution in [-0.2, 0) is 24.2 Å². The third-order valence-corrected chi connectivity index (χ3v) is 4.40. The molecule has 1 aliphatic heterocycles. The summed E-state index contributed by atoms with van der Waals surface area (Å²) in [6.07, 6.45) is 6.88. The zero-order valence-corrected chi connectivity index (χ0v) is 15.9. The number of nitrogens with one attached hydrogen (secondary N) is 1. The van der Waals surface area contributed by atoms with Crippen LogP contribution < -0.4 is 15.8 Å². The van der Waals surface area contributed by atoms with E-state index in [4.69, 9.17) is 10.5 Å². The molecule has 1 aromatic carbocycles. The largest absolute Gasteiger partial charge is 0.497 e. The van der Waals surface area contributed by atoms with Gasteiger partial charge in [0.25, 0.3) is 0 Å². The minimum atomic E-state index is -0.0862. The molecule has 0 radical (unpaired) electrons. The molecule has 9 nitrogen and oxygen atoms in total. The Kier molecular flexibility index (Phi) is 6.72. The van der Waals surface area contributed by atoms with Gasteiger partial charge in [-0.3, -0.25) is 4.79 Å². The monoisotopic (exact) mass is 383 g/mol. The first-order chi connectivity index (χ1) is 13.6. The molecule has 0 saturated carbocycles. The molecule has 0 aliphatic carbocycles. The highest BCUT2D eigenvalue weighted by molar-refractivity contribution is 5.93. The molecule has 9 heteroatoms. The summed E-state index contributed by atoms with van der Waals surface area (Å²) in [6, 6.07) is 7.87. The standard InChI is InChI=1S/C19H25N7O2/c1-28-17-7-5-14(6-8-17)9-10-21-18(27)13-26-12-16(24-25-26)4-2-3-15-11-22-19(20)23-15/h5-8,11-12,15H,2-4,9-10,13H2,1H3,(H2,20,23)(H,21,27). The highest BCUT2D eigenvalue weighted by atomic mass is 16.5.